The van der Waals surface area contributed by atoms with Crippen LogP contribution in [0.2, 0.25) is 0 Å². The van der Waals surface area contributed by atoms with E-state index < -0.39 is 5.97 Å². The van der Waals surface area contributed by atoms with E-state index in [0.29, 0.717) is 16.0 Å². The summed E-state index contributed by atoms with van der Waals surface area (Å²) in [6.45, 7) is 2.12. The molecule has 8 heteroatoms. The van der Waals surface area contributed by atoms with Gasteiger partial charge in [0.1, 0.15) is 17.0 Å². The Morgan fingerprint density at radius 3 is 2.52 bits per heavy atom. The zero-order valence-corrected chi connectivity index (χ0v) is 19.2. The summed E-state index contributed by atoms with van der Waals surface area (Å²) in [6.07, 6.45) is 2.37. The topological polar surface area (TPSA) is 75.1 Å². The fourth-order valence-electron chi connectivity index (χ4n) is 3.17. The molecule has 2 aromatic heterocycles. The zero-order valence-electron chi connectivity index (χ0n) is 15.2. The number of hydrogen-bond donors (Lipinski definition) is 2. The average molecular weight is 533 g/mol. The molecule has 0 spiro atoms. The Bertz CT molecular complexity index is 1220. The molecule has 0 radical (unpaired) electrons. The van der Waals surface area contributed by atoms with Crippen LogP contribution in [0.3, 0.4) is 0 Å². The van der Waals surface area contributed by atoms with E-state index in [1.54, 1.807) is 29.5 Å². The summed E-state index contributed by atoms with van der Waals surface area (Å²) in [5.41, 5.74) is 2.80. The van der Waals surface area contributed by atoms with E-state index in [4.69, 9.17) is 0 Å². The molecule has 0 amide bonds. The summed E-state index contributed by atoms with van der Waals surface area (Å²) >= 11 is 8.45. The van der Waals surface area contributed by atoms with Crippen LogP contribution >= 0.6 is 43.2 Å². The highest BCUT2D eigenvalue weighted by molar-refractivity contribution is 9.10. The number of nitrogens with zero attached hydrogens (tertiary/aromatic N) is 2. The van der Waals surface area contributed by atoms with Gasteiger partial charge in [0.2, 0.25) is 0 Å². The predicted molar refractivity (Wildman–Crippen MR) is 124 cm³/mol. The summed E-state index contributed by atoms with van der Waals surface area (Å²) in [5.74, 6) is -0.416. The molecular formula is C21H15Br2N3O2S. The lowest BCUT2D eigenvalue weighted by atomic mass is 10.0. The van der Waals surface area contributed by atoms with Crippen LogP contribution in [-0.2, 0) is 6.42 Å². The van der Waals surface area contributed by atoms with Gasteiger partial charge in [-0.1, -0.05) is 50.9 Å². The molecular weight excluding hydrogens is 518 g/mol. The highest BCUT2D eigenvalue weighted by Gasteiger charge is 2.19. The molecule has 0 unspecified atom stereocenters. The van der Waals surface area contributed by atoms with Crippen molar-refractivity contribution in [2.24, 2.45) is 0 Å². The molecule has 2 N–H and O–H groups in total. The number of nitrogens with one attached hydrogen (secondary N) is 1. The van der Waals surface area contributed by atoms with Crippen molar-refractivity contribution in [1.29, 1.82) is 0 Å². The molecule has 146 valence electrons. The van der Waals surface area contributed by atoms with Crippen LogP contribution in [0.15, 0.2) is 57.7 Å². The maximum Gasteiger partial charge on any atom is 0.337 e. The van der Waals surface area contributed by atoms with E-state index in [9.17, 15) is 9.90 Å². The summed E-state index contributed by atoms with van der Waals surface area (Å²) in [5, 5.41) is 13.7. The first-order valence-corrected chi connectivity index (χ1v) is 11.2. The van der Waals surface area contributed by atoms with E-state index in [-0.39, 0.29) is 5.56 Å². The minimum absolute atomic E-state index is 0.169. The third kappa shape index (κ3) is 3.92. The number of hydrogen-bond acceptors (Lipinski definition) is 5. The number of benzene rings is 2. The van der Waals surface area contributed by atoms with Crippen molar-refractivity contribution < 1.29 is 9.90 Å². The second-order valence-electron chi connectivity index (χ2n) is 6.28. The van der Waals surface area contributed by atoms with E-state index >= 15 is 0 Å². The largest absolute Gasteiger partial charge is 0.478 e. The molecule has 0 aliphatic carbocycles. The average Bonchev–Trinajstić information content (AvgIpc) is 3.09. The van der Waals surface area contributed by atoms with Crippen molar-refractivity contribution in [2.75, 3.05) is 5.32 Å². The summed E-state index contributed by atoms with van der Waals surface area (Å²) in [4.78, 5) is 22.7. The van der Waals surface area contributed by atoms with Gasteiger partial charge >= 0.3 is 5.97 Å². The van der Waals surface area contributed by atoms with Gasteiger partial charge in [-0.2, -0.15) is 0 Å². The van der Waals surface area contributed by atoms with Gasteiger partial charge in [0, 0.05) is 19.4 Å². The molecule has 0 saturated carbocycles. The normalized spacial score (nSPS) is 11.0. The maximum absolute atomic E-state index is 11.7. The Balaban J connectivity index is 1.92. The van der Waals surface area contributed by atoms with Crippen LogP contribution in [0.25, 0.3) is 21.3 Å². The predicted octanol–water partition coefficient (Wildman–Crippen LogP) is 6.89. The first-order chi connectivity index (χ1) is 14.0. The molecule has 0 saturated heterocycles. The van der Waals surface area contributed by atoms with Gasteiger partial charge in [-0.15, -0.1) is 11.3 Å². The number of fused-ring (bicyclic) bond motifs is 1. The van der Waals surface area contributed by atoms with E-state index in [2.05, 4.69) is 66.2 Å². The number of carboxylic acid groups (broad SMARTS) is 1. The maximum atomic E-state index is 11.7. The summed E-state index contributed by atoms with van der Waals surface area (Å²) in [6, 6.07) is 13.2. The zero-order chi connectivity index (χ0) is 20.5. The molecule has 0 fully saturated rings. The van der Waals surface area contributed by atoms with Crippen molar-refractivity contribution >= 4 is 70.9 Å². The third-order valence-electron chi connectivity index (χ3n) is 4.48. The number of carboxylic acids is 1. The molecule has 0 bridgehead atoms. The molecule has 5 nitrogen and oxygen atoms in total. The molecule has 2 heterocycles. The number of aromatic carboxylic acids is 1. The van der Waals surface area contributed by atoms with Gasteiger partial charge in [-0.25, -0.2) is 14.8 Å². The first kappa shape index (κ1) is 20.0. The Morgan fingerprint density at radius 2 is 1.83 bits per heavy atom. The Hall–Kier alpha value is -2.29. The molecule has 0 aliphatic rings. The number of rotatable bonds is 5. The second-order valence-corrected chi connectivity index (χ2v) is 9.20. The fourth-order valence-corrected chi connectivity index (χ4v) is 4.90. The SMILES string of the molecule is CCc1sc2ncnc(Nc3ccc(Br)cc3C(=O)O)c2c1-c1ccc(Br)cc1. The van der Waals surface area contributed by atoms with Crippen molar-refractivity contribution in [1.82, 2.24) is 9.97 Å². The first-order valence-electron chi connectivity index (χ1n) is 8.80. The van der Waals surface area contributed by atoms with E-state index in [1.807, 2.05) is 12.1 Å². The van der Waals surface area contributed by atoms with Crippen molar-refractivity contribution in [3.63, 3.8) is 0 Å². The minimum atomic E-state index is -1.01. The van der Waals surface area contributed by atoms with Gasteiger partial charge in [-0.05, 0) is 42.3 Å². The third-order valence-corrected chi connectivity index (χ3v) is 6.74. The van der Waals surface area contributed by atoms with Crippen molar-refractivity contribution in [3.05, 3.63) is 68.2 Å². The number of aromatic nitrogens is 2. The van der Waals surface area contributed by atoms with Crippen molar-refractivity contribution in [2.45, 2.75) is 13.3 Å². The number of carbonyl (C=O) groups is 1. The number of halogens is 2. The lowest BCUT2D eigenvalue weighted by Crippen LogP contribution is -2.04. The van der Waals surface area contributed by atoms with Gasteiger partial charge in [0.15, 0.2) is 0 Å². The summed E-state index contributed by atoms with van der Waals surface area (Å²) < 4.78 is 1.71. The van der Waals surface area contributed by atoms with Gasteiger partial charge in [0.25, 0.3) is 0 Å². The minimum Gasteiger partial charge on any atom is -0.478 e. The van der Waals surface area contributed by atoms with Gasteiger partial charge in [0.05, 0.1) is 16.6 Å². The summed E-state index contributed by atoms with van der Waals surface area (Å²) in [7, 11) is 0. The number of anilines is 2. The smallest absolute Gasteiger partial charge is 0.337 e. The van der Waals surface area contributed by atoms with Crippen LogP contribution < -0.4 is 5.32 Å². The highest BCUT2D eigenvalue weighted by atomic mass is 79.9. The van der Waals surface area contributed by atoms with Crippen LogP contribution in [-0.4, -0.2) is 21.0 Å². The Morgan fingerprint density at radius 1 is 1.10 bits per heavy atom. The Kier molecular flexibility index (Phi) is 5.67. The Labute approximate surface area is 188 Å². The second kappa shape index (κ2) is 8.22. The van der Waals surface area contributed by atoms with Crippen LogP contribution in [0.5, 0.6) is 0 Å². The molecule has 0 atom stereocenters. The van der Waals surface area contributed by atoms with Crippen LogP contribution in [0.1, 0.15) is 22.2 Å². The van der Waals surface area contributed by atoms with Crippen LogP contribution in [0.4, 0.5) is 11.5 Å². The van der Waals surface area contributed by atoms with E-state index in [0.717, 1.165) is 32.2 Å². The number of thiophene rings is 1. The lowest BCUT2D eigenvalue weighted by molar-refractivity contribution is 0.0698. The molecule has 4 aromatic rings. The molecule has 0 aliphatic heterocycles. The monoisotopic (exact) mass is 531 g/mol. The standard InChI is InChI=1S/C21H15Br2N3O2S/c1-2-16-17(11-3-5-12(22)6-4-11)18-19(24-10-25-20(18)29-16)26-15-8-7-13(23)9-14(15)21(27)28/h3-10H,2H2,1H3,(H,27,28)(H,24,25,26). The quantitative estimate of drug-likeness (QED) is 0.293. The lowest BCUT2D eigenvalue weighted by Gasteiger charge is -2.12. The number of aryl methyl sites for hydroxylation is 1. The molecule has 29 heavy (non-hydrogen) atoms. The van der Waals surface area contributed by atoms with Crippen LogP contribution in [0, 0.1) is 0 Å². The molecule has 4 rings (SSSR count). The van der Waals surface area contributed by atoms with Gasteiger partial charge in [-0.3, -0.25) is 0 Å². The molecule has 2 aromatic carbocycles. The van der Waals surface area contributed by atoms with Gasteiger partial charge < -0.3 is 10.4 Å². The highest BCUT2D eigenvalue weighted by Crippen LogP contribution is 2.42. The van der Waals surface area contributed by atoms with Crippen molar-refractivity contribution in [3.8, 4) is 11.1 Å². The van der Waals surface area contributed by atoms with E-state index in [1.165, 1.54) is 11.2 Å². The fraction of sp³-hybridized carbons (Fsp3) is 0.0952.